The van der Waals surface area contributed by atoms with Crippen LogP contribution >= 0.6 is 11.8 Å². The van der Waals surface area contributed by atoms with Crippen LogP contribution in [0.1, 0.15) is 23.6 Å². The van der Waals surface area contributed by atoms with E-state index >= 15 is 0 Å². The molecule has 0 saturated heterocycles. The summed E-state index contributed by atoms with van der Waals surface area (Å²) in [5, 5.41) is 15.2. The number of hydrogen-bond donors (Lipinski definition) is 1. The SMILES string of the molecule is COc1ccc(CNC(=O)C(C)Sc2nnnn2-c2c(C)cccc2C)cc1OC. The highest BCUT2D eigenvalue weighted by Gasteiger charge is 2.20. The van der Waals surface area contributed by atoms with Crippen molar-refractivity contribution in [2.24, 2.45) is 0 Å². The number of carbonyl (C=O) groups is 1. The molecule has 1 heterocycles. The molecule has 0 fully saturated rings. The Hall–Kier alpha value is -3.07. The van der Waals surface area contributed by atoms with Crippen LogP contribution in [0.2, 0.25) is 0 Å². The van der Waals surface area contributed by atoms with Crippen LogP contribution in [0.4, 0.5) is 0 Å². The van der Waals surface area contributed by atoms with Crippen LogP contribution in [0, 0.1) is 13.8 Å². The summed E-state index contributed by atoms with van der Waals surface area (Å²) >= 11 is 1.32. The highest BCUT2D eigenvalue weighted by Crippen LogP contribution is 2.28. The van der Waals surface area contributed by atoms with E-state index in [4.69, 9.17) is 9.47 Å². The summed E-state index contributed by atoms with van der Waals surface area (Å²) in [4.78, 5) is 12.6. The fourth-order valence-corrected chi connectivity index (χ4v) is 3.89. The molecule has 30 heavy (non-hydrogen) atoms. The number of nitrogens with zero attached hydrogens (tertiary/aromatic N) is 4. The number of thioether (sulfide) groups is 1. The van der Waals surface area contributed by atoms with Gasteiger partial charge in [0.2, 0.25) is 11.1 Å². The average Bonchev–Trinajstić information content (AvgIpc) is 3.19. The Bertz CT molecular complexity index is 1020. The van der Waals surface area contributed by atoms with Crippen molar-refractivity contribution in [3.05, 3.63) is 53.1 Å². The lowest BCUT2D eigenvalue weighted by Gasteiger charge is -2.14. The molecule has 0 aliphatic rings. The molecule has 1 amide bonds. The van der Waals surface area contributed by atoms with Gasteiger partial charge in [0.25, 0.3) is 0 Å². The predicted octanol–water partition coefficient (Wildman–Crippen LogP) is 3.09. The van der Waals surface area contributed by atoms with Crippen molar-refractivity contribution in [2.45, 2.75) is 37.7 Å². The maximum atomic E-state index is 12.6. The van der Waals surface area contributed by atoms with Crippen LogP contribution < -0.4 is 14.8 Å². The zero-order chi connectivity index (χ0) is 21.7. The van der Waals surface area contributed by atoms with Gasteiger partial charge in [0.05, 0.1) is 25.2 Å². The number of benzene rings is 2. The Balaban J connectivity index is 1.67. The topological polar surface area (TPSA) is 91.2 Å². The van der Waals surface area contributed by atoms with Crippen molar-refractivity contribution in [3.8, 4) is 17.2 Å². The van der Waals surface area contributed by atoms with Crippen molar-refractivity contribution >= 4 is 17.7 Å². The molecule has 158 valence electrons. The lowest BCUT2D eigenvalue weighted by atomic mass is 10.1. The molecule has 2 aromatic carbocycles. The van der Waals surface area contributed by atoms with Crippen LogP contribution in [-0.4, -0.2) is 45.6 Å². The standard InChI is InChI=1S/C21H25N5O3S/c1-13-7-6-8-14(2)19(13)26-21(23-24-25-26)30-15(3)20(27)22-12-16-9-10-17(28-4)18(11-16)29-5/h6-11,15H,12H2,1-5H3,(H,22,27). The molecule has 0 saturated carbocycles. The van der Waals surface area contributed by atoms with Crippen LogP contribution in [0.15, 0.2) is 41.6 Å². The number of rotatable bonds is 8. The maximum absolute atomic E-state index is 12.6. The Morgan fingerprint density at radius 3 is 2.50 bits per heavy atom. The van der Waals surface area contributed by atoms with Gasteiger partial charge in [-0.3, -0.25) is 4.79 Å². The predicted molar refractivity (Wildman–Crippen MR) is 115 cm³/mol. The highest BCUT2D eigenvalue weighted by atomic mass is 32.2. The third-order valence-corrected chi connectivity index (χ3v) is 5.69. The second kappa shape index (κ2) is 9.62. The molecular formula is C21H25N5O3S. The van der Waals surface area contributed by atoms with E-state index in [2.05, 4.69) is 20.8 Å². The fraction of sp³-hybridized carbons (Fsp3) is 0.333. The van der Waals surface area contributed by atoms with Gasteiger partial charge in [-0.1, -0.05) is 36.0 Å². The summed E-state index contributed by atoms with van der Waals surface area (Å²) in [7, 11) is 3.17. The number of tetrazole rings is 1. The van der Waals surface area contributed by atoms with Crippen LogP contribution in [0.3, 0.4) is 0 Å². The third-order valence-electron chi connectivity index (χ3n) is 4.66. The second-order valence-electron chi connectivity index (χ2n) is 6.78. The summed E-state index contributed by atoms with van der Waals surface area (Å²) in [6.07, 6.45) is 0. The van der Waals surface area contributed by atoms with Crippen molar-refractivity contribution < 1.29 is 14.3 Å². The molecule has 1 N–H and O–H groups in total. The number of para-hydroxylation sites is 1. The summed E-state index contributed by atoms with van der Waals surface area (Å²) in [5.74, 6) is 1.17. The van der Waals surface area contributed by atoms with Gasteiger partial charge in [-0.15, -0.1) is 5.10 Å². The van der Waals surface area contributed by atoms with Crippen LogP contribution in [0.25, 0.3) is 5.69 Å². The molecular weight excluding hydrogens is 402 g/mol. The minimum atomic E-state index is -0.376. The van der Waals surface area contributed by atoms with E-state index in [-0.39, 0.29) is 11.2 Å². The lowest BCUT2D eigenvalue weighted by molar-refractivity contribution is -0.120. The molecule has 0 aliphatic heterocycles. The summed E-state index contributed by atoms with van der Waals surface area (Å²) in [6.45, 7) is 6.24. The number of methoxy groups -OCH3 is 2. The van der Waals surface area contributed by atoms with E-state index in [1.165, 1.54) is 11.8 Å². The number of amides is 1. The van der Waals surface area contributed by atoms with Gasteiger partial charge in [0.1, 0.15) is 0 Å². The first-order valence-corrected chi connectivity index (χ1v) is 10.3. The lowest BCUT2D eigenvalue weighted by Crippen LogP contribution is -2.30. The van der Waals surface area contributed by atoms with E-state index in [1.807, 2.05) is 57.2 Å². The first kappa shape index (κ1) is 21.6. The van der Waals surface area contributed by atoms with Gasteiger partial charge in [-0.25, -0.2) is 0 Å². The number of aromatic nitrogens is 4. The molecule has 3 rings (SSSR count). The van der Waals surface area contributed by atoms with Gasteiger partial charge in [-0.05, 0) is 60.0 Å². The normalized spacial score (nSPS) is 11.8. The molecule has 0 spiro atoms. The van der Waals surface area contributed by atoms with Crippen LogP contribution in [-0.2, 0) is 11.3 Å². The second-order valence-corrected chi connectivity index (χ2v) is 8.09. The smallest absolute Gasteiger partial charge is 0.233 e. The minimum Gasteiger partial charge on any atom is -0.493 e. The molecule has 0 radical (unpaired) electrons. The molecule has 0 bridgehead atoms. The number of nitrogens with one attached hydrogen (secondary N) is 1. The van der Waals surface area contributed by atoms with Gasteiger partial charge < -0.3 is 14.8 Å². The van der Waals surface area contributed by atoms with Crippen molar-refractivity contribution in [2.75, 3.05) is 14.2 Å². The van der Waals surface area contributed by atoms with E-state index in [0.717, 1.165) is 22.4 Å². The monoisotopic (exact) mass is 427 g/mol. The van der Waals surface area contributed by atoms with Crippen LogP contribution in [0.5, 0.6) is 11.5 Å². The molecule has 3 aromatic rings. The minimum absolute atomic E-state index is 0.106. The van der Waals surface area contributed by atoms with E-state index in [1.54, 1.807) is 18.9 Å². The first-order chi connectivity index (χ1) is 14.4. The van der Waals surface area contributed by atoms with E-state index in [0.29, 0.717) is 23.2 Å². The van der Waals surface area contributed by atoms with Gasteiger partial charge in [0.15, 0.2) is 11.5 Å². The number of aryl methyl sites for hydroxylation is 2. The van der Waals surface area contributed by atoms with Gasteiger partial charge >= 0.3 is 0 Å². The first-order valence-electron chi connectivity index (χ1n) is 9.44. The molecule has 8 nitrogen and oxygen atoms in total. The van der Waals surface area contributed by atoms with E-state index < -0.39 is 0 Å². The number of carbonyl (C=O) groups excluding carboxylic acids is 1. The van der Waals surface area contributed by atoms with Crippen molar-refractivity contribution in [1.29, 1.82) is 0 Å². The Labute approximate surface area is 180 Å². The Kier molecular flexibility index (Phi) is 6.94. The van der Waals surface area contributed by atoms with Gasteiger partial charge in [0, 0.05) is 6.54 Å². The fourth-order valence-electron chi connectivity index (χ4n) is 3.07. The Morgan fingerprint density at radius 2 is 1.83 bits per heavy atom. The Morgan fingerprint density at radius 1 is 1.13 bits per heavy atom. The molecule has 9 heteroatoms. The van der Waals surface area contributed by atoms with E-state index in [9.17, 15) is 4.79 Å². The maximum Gasteiger partial charge on any atom is 0.233 e. The number of ether oxygens (including phenoxy) is 2. The average molecular weight is 428 g/mol. The molecule has 1 atom stereocenters. The number of hydrogen-bond acceptors (Lipinski definition) is 7. The highest BCUT2D eigenvalue weighted by molar-refractivity contribution is 8.00. The van der Waals surface area contributed by atoms with Crippen molar-refractivity contribution in [3.63, 3.8) is 0 Å². The molecule has 1 unspecified atom stereocenters. The largest absolute Gasteiger partial charge is 0.493 e. The van der Waals surface area contributed by atoms with Gasteiger partial charge in [-0.2, -0.15) is 4.68 Å². The van der Waals surface area contributed by atoms with Crippen molar-refractivity contribution in [1.82, 2.24) is 25.5 Å². The molecule has 0 aliphatic carbocycles. The summed E-state index contributed by atoms with van der Waals surface area (Å²) in [6, 6.07) is 11.6. The summed E-state index contributed by atoms with van der Waals surface area (Å²) < 4.78 is 12.2. The third kappa shape index (κ3) is 4.73. The zero-order valence-corrected chi connectivity index (χ0v) is 18.5. The summed E-state index contributed by atoms with van der Waals surface area (Å²) in [5.41, 5.74) is 3.98. The molecule has 1 aromatic heterocycles. The quantitative estimate of drug-likeness (QED) is 0.552. The zero-order valence-electron chi connectivity index (χ0n) is 17.7.